The quantitative estimate of drug-likeness (QED) is 0.395. The number of halogens is 2. The van der Waals surface area contributed by atoms with Crippen molar-refractivity contribution in [1.82, 2.24) is 9.97 Å². The number of rotatable bonds is 5. The second-order valence-electron chi connectivity index (χ2n) is 7.65. The lowest BCUT2D eigenvalue weighted by molar-refractivity contribution is -0.121. The summed E-state index contributed by atoms with van der Waals surface area (Å²) in [7, 11) is 0. The number of thiazole rings is 1. The van der Waals surface area contributed by atoms with Crippen LogP contribution >= 0.6 is 11.3 Å². The average molecular weight is 478 g/mol. The molecule has 0 atom stereocenters. The molecule has 1 aliphatic rings. The zero-order chi connectivity index (χ0) is 23.8. The van der Waals surface area contributed by atoms with Crippen molar-refractivity contribution < 1.29 is 23.2 Å². The molecular formula is C24H16F2N4O3S. The summed E-state index contributed by atoms with van der Waals surface area (Å²) in [5, 5.41) is 0.197. The minimum atomic E-state index is -0.810. The molecule has 0 saturated carbocycles. The first-order valence-electron chi connectivity index (χ1n) is 10.3. The van der Waals surface area contributed by atoms with E-state index in [0.717, 1.165) is 22.3 Å². The first-order valence-corrected chi connectivity index (χ1v) is 11.1. The molecule has 4 aromatic rings. The SMILES string of the molecule is O=C(c1ccc(N2C(=O)CCC2=O)cc1)N(Cc1cccnc1)c1nc2c(F)cc(F)cc2s1. The maximum absolute atomic E-state index is 14.3. The fraction of sp³-hybridized carbons (Fsp3) is 0.125. The van der Waals surface area contributed by atoms with E-state index in [-0.39, 0.29) is 52.1 Å². The number of aromatic nitrogens is 2. The topological polar surface area (TPSA) is 83.5 Å². The Labute approximate surface area is 196 Å². The second-order valence-corrected chi connectivity index (χ2v) is 8.66. The van der Waals surface area contributed by atoms with Gasteiger partial charge in [-0.25, -0.2) is 13.8 Å². The fourth-order valence-electron chi connectivity index (χ4n) is 3.73. The first kappa shape index (κ1) is 21.8. The van der Waals surface area contributed by atoms with Crippen molar-refractivity contribution in [3.63, 3.8) is 0 Å². The van der Waals surface area contributed by atoms with Gasteiger partial charge >= 0.3 is 0 Å². The number of imide groups is 1. The molecule has 0 radical (unpaired) electrons. The van der Waals surface area contributed by atoms with Gasteiger partial charge < -0.3 is 0 Å². The lowest BCUT2D eigenvalue weighted by atomic mass is 10.1. The third-order valence-corrected chi connectivity index (χ3v) is 6.39. The molecule has 1 fully saturated rings. The van der Waals surface area contributed by atoms with Crippen LogP contribution in [0.1, 0.15) is 28.8 Å². The van der Waals surface area contributed by atoms with E-state index in [1.807, 2.05) is 0 Å². The molecule has 0 aliphatic carbocycles. The van der Waals surface area contributed by atoms with Gasteiger partial charge in [0.1, 0.15) is 11.3 Å². The van der Waals surface area contributed by atoms with Crippen LogP contribution in [-0.4, -0.2) is 27.7 Å². The van der Waals surface area contributed by atoms with Crippen LogP contribution in [0.4, 0.5) is 19.6 Å². The largest absolute Gasteiger partial charge is 0.279 e. The summed E-state index contributed by atoms with van der Waals surface area (Å²) in [6, 6.07) is 11.5. The van der Waals surface area contributed by atoms with Crippen LogP contribution in [-0.2, 0) is 16.1 Å². The van der Waals surface area contributed by atoms with Crippen LogP contribution in [0, 0.1) is 11.6 Å². The molecule has 0 N–H and O–H groups in total. The minimum absolute atomic E-state index is 0.0215. The van der Waals surface area contributed by atoms with E-state index in [0.29, 0.717) is 11.3 Å². The van der Waals surface area contributed by atoms with Gasteiger partial charge in [0.2, 0.25) is 11.8 Å². The number of nitrogens with zero attached hydrogens (tertiary/aromatic N) is 4. The Bertz CT molecular complexity index is 1410. The van der Waals surface area contributed by atoms with E-state index >= 15 is 0 Å². The number of amides is 3. The predicted molar refractivity (Wildman–Crippen MR) is 122 cm³/mol. The van der Waals surface area contributed by atoms with Crippen molar-refractivity contribution >= 4 is 50.1 Å². The van der Waals surface area contributed by atoms with Gasteiger partial charge in [0.05, 0.1) is 16.9 Å². The smallest absolute Gasteiger partial charge is 0.260 e. The Morgan fingerprint density at radius 1 is 1.06 bits per heavy atom. The van der Waals surface area contributed by atoms with E-state index in [2.05, 4.69) is 9.97 Å². The molecule has 3 amide bonds. The molecule has 1 aliphatic heterocycles. The van der Waals surface area contributed by atoms with Gasteiger partial charge in [-0.15, -0.1) is 0 Å². The van der Waals surface area contributed by atoms with Crippen LogP contribution in [0.5, 0.6) is 0 Å². The standard InChI is InChI=1S/C24H16F2N4O3S/c25-16-10-18(26)22-19(11-16)34-24(28-22)29(13-14-2-1-9-27-12-14)23(33)15-3-5-17(6-4-15)30-20(31)7-8-21(30)32/h1-6,9-12H,7-8,13H2. The molecule has 10 heteroatoms. The zero-order valence-electron chi connectivity index (χ0n) is 17.6. The van der Waals surface area contributed by atoms with Crippen molar-refractivity contribution in [1.29, 1.82) is 0 Å². The highest BCUT2D eigenvalue weighted by atomic mass is 32.1. The molecule has 0 spiro atoms. The second kappa shape index (κ2) is 8.71. The predicted octanol–water partition coefficient (Wildman–Crippen LogP) is 4.47. The molecule has 7 nitrogen and oxygen atoms in total. The molecule has 3 heterocycles. The lowest BCUT2D eigenvalue weighted by Crippen LogP contribution is -2.31. The zero-order valence-corrected chi connectivity index (χ0v) is 18.4. The normalized spacial score (nSPS) is 13.6. The van der Waals surface area contributed by atoms with Gasteiger partial charge in [0.15, 0.2) is 10.9 Å². The number of carbonyl (C=O) groups excluding carboxylic acids is 3. The van der Waals surface area contributed by atoms with Gasteiger partial charge in [-0.2, -0.15) is 0 Å². The molecule has 5 rings (SSSR count). The van der Waals surface area contributed by atoms with Crippen molar-refractivity contribution in [3.8, 4) is 0 Å². The Kier molecular flexibility index (Phi) is 5.58. The highest BCUT2D eigenvalue weighted by Crippen LogP contribution is 2.33. The number of fused-ring (bicyclic) bond motifs is 1. The van der Waals surface area contributed by atoms with Crippen molar-refractivity contribution in [2.24, 2.45) is 0 Å². The monoisotopic (exact) mass is 478 g/mol. The van der Waals surface area contributed by atoms with E-state index < -0.39 is 17.5 Å². The van der Waals surface area contributed by atoms with Gasteiger partial charge in [-0.3, -0.25) is 29.2 Å². The minimum Gasteiger partial charge on any atom is -0.279 e. The molecule has 170 valence electrons. The van der Waals surface area contributed by atoms with Crippen LogP contribution in [0.15, 0.2) is 60.9 Å². The number of carbonyl (C=O) groups is 3. The van der Waals surface area contributed by atoms with Crippen molar-refractivity contribution in [2.75, 3.05) is 9.80 Å². The van der Waals surface area contributed by atoms with Crippen molar-refractivity contribution in [3.05, 3.63) is 83.7 Å². The number of pyridine rings is 1. The number of hydrogen-bond acceptors (Lipinski definition) is 6. The van der Waals surface area contributed by atoms with Crippen LogP contribution in [0.2, 0.25) is 0 Å². The van der Waals surface area contributed by atoms with Gasteiger partial charge in [-0.05, 0) is 42.0 Å². The Morgan fingerprint density at radius 2 is 1.79 bits per heavy atom. The van der Waals surface area contributed by atoms with E-state index in [1.54, 1.807) is 24.5 Å². The van der Waals surface area contributed by atoms with E-state index in [1.165, 1.54) is 35.2 Å². The number of hydrogen-bond donors (Lipinski definition) is 0. The average Bonchev–Trinajstić information content (AvgIpc) is 3.40. The number of anilines is 2. The van der Waals surface area contributed by atoms with Crippen LogP contribution in [0.25, 0.3) is 10.2 Å². The van der Waals surface area contributed by atoms with Crippen LogP contribution in [0.3, 0.4) is 0 Å². The van der Waals surface area contributed by atoms with Gasteiger partial charge in [0, 0.05) is 36.9 Å². The first-order chi connectivity index (χ1) is 16.4. The summed E-state index contributed by atoms with van der Waals surface area (Å²) in [6.45, 7) is 0.0987. The summed E-state index contributed by atoms with van der Waals surface area (Å²) in [4.78, 5) is 48.3. The lowest BCUT2D eigenvalue weighted by Gasteiger charge is -2.20. The summed E-state index contributed by atoms with van der Waals surface area (Å²) in [6.07, 6.45) is 3.52. The molecule has 2 aromatic carbocycles. The summed E-state index contributed by atoms with van der Waals surface area (Å²) < 4.78 is 28.2. The van der Waals surface area contributed by atoms with E-state index in [9.17, 15) is 23.2 Å². The Hall–Kier alpha value is -4.05. The molecule has 1 saturated heterocycles. The van der Waals surface area contributed by atoms with Crippen molar-refractivity contribution in [2.45, 2.75) is 19.4 Å². The van der Waals surface area contributed by atoms with Gasteiger partial charge in [-0.1, -0.05) is 17.4 Å². The highest BCUT2D eigenvalue weighted by molar-refractivity contribution is 7.22. The number of benzene rings is 2. The summed E-state index contributed by atoms with van der Waals surface area (Å²) >= 11 is 0.996. The molecular weight excluding hydrogens is 462 g/mol. The summed E-state index contributed by atoms with van der Waals surface area (Å²) in [5.41, 5.74) is 1.36. The Balaban J connectivity index is 1.51. The highest BCUT2D eigenvalue weighted by Gasteiger charge is 2.30. The van der Waals surface area contributed by atoms with E-state index in [4.69, 9.17) is 0 Å². The molecule has 0 unspecified atom stereocenters. The van der Waals surface area contributed by atoms with Crippen LogP contribution < -0.4 is 9.80 Å². The summed E-state index contributed by atoms with van der Waals surface area (Å²) in [5.74, 6) is -2.55. The Morgan fingerprint density at radius 3 is 2.47 bits per heavy atom. The molecule has 0 bridgehead atoms. The molecule has 34 heavy (non-hydrogen) atoms. The van der Waals surface area contributed by atoms with Gasteiger partial charge in [0.25, 0.3) is 5.91 Å². The maximum Gasteiger partial charge on any atom is 0.260 e. The maximum atomic E-state index is 14.3. The third kappa shape index (κ3) is 4.03. The fourth-order valence-corrected chi connectivity index (χ4v) is 4.74. The third-order valence-electron chi connectivity index (χ3n) is 5.37. The molecule has 2 aromatic heterocycles.